The zero-order chi connectivity index (χ0) is 11.8. The standard InChI is InChI=1S/C11H22N2O2S/c1-3-4-7-16-15-11(14)9-13-6-5-12-8-10(13)2/h10,12H,3-9H2,1-2H3. The summed E-state index contributed by atoms with van der Waals surface area (Å²) in [7, 11) is 0. The molecule has 1 fully saturated rings. The molecule has 0 spiro atoms. The van der Waals surface area contributed by atoms with Gasteiger partial charge in [0.05, 0.1) is 18.6 Å². The van der Waals surface area contributed by atoms with Crippen LogP contribution in [0.25, 0.3) is 0 Å². The molecule has 16 heavy (non-hydrogen) atoms. The van der Waals surface area contributed by atoms with Crippen LogP contribution in [0.1, 0.15) is 26.7 Å². The Balaban J connectivity index is 2.12. The number of hydrogen-bond acceptors (Lipinski definition) is 5. The second-order valence-electron chi connectivity index (χ2n) is 4.15. The van der Waals surface area contributed by atoms with Gasteiger partial charge in [0.2, 0.25) is 0 Å². The van der Waals surface area contributed by atoms with Crippen molar-refractivity contribution < 1.29 is 8.98 Å². The summed E-state index contributed by atoms with van der Waals surface area (Å²) in [4.78, 5) is 13.7. The highest BCUT2D eigenvalue weighted by Gasteiger charge is 2.20. The Labute approximate surface area is 102 Å². The van der Waals surface area contributed by atoms with Gasteiger partial charge in [-0.1, -0.05) is 13.3 Å². The zero-order valence-electron chi connectivity index (χ0n) is 10.2. The summed E-state index contributed by atoms with van der Waals surface area (Å²) < 4.78 is 5.11. The highest BCUT2D eigenvalue weighted by atomic mass is 32.2. The van der Waals surface area contributed by atoms with Gasteiger partial charge in [-0.3, -0.25) is 4.90 Å². The lowest BCUT2D eigenvalue weighted by atomic mass is 10.2. The minimum atomic E-state index is -0.116. The largest absolute Gasteiger partial charge is 0.390 e. The SMILES string of the molecule is CCCCSOC(=O)CN1CCNCC1C. The van der Waals surface area contributed by atoms with Crippen LogP contribution in [0.4, 0.5) is 0 Å². The molecule has 1 heterocycles. The molecule has 1 atom stereocenters. The Morgan fingerprint density at radius 2 is 2.44 bits per heavy atom. The first-order chi connectivity index (χ1) is 7.74. The molecule has 5 heteroatoms. The summed E-state index contributed by atoms with van der Waals surface area (Å²) in [6.07, 6.45) is 2.24. The second-order valence-corrected chi connectivity index (χ2v) is 4.97. The Kier molecular flexibility index (Phi) is 6.84. The maximum absolute atomic E-state index is 11.5. The van der Waals surface area contributed by atoms with Gasteiger partial charge in [-0.2, -0.15) is 0 Å². The number of carbonyl (C=O) groups excluding carboxylic acids is 1. The minimum Gasteiger partial charge on any atom is -0.390 e. The lowest BCUT2D eigenvalue weighted by molar-refractivity contribution is -0.135. The Morgan fingerprint density at radius 3 is 3.12 bits per heavy atom. The summed E-state index contributed by atoms with van der Waals surface area (Å²) in [6.45, 7) is 7.52. The summed E-state index contributed by atoms with van der Waals surface area (Å²) in [5.41, 5.74) is 0. The first kappa shape index (κ1) is 13.8. The van der Waals surface area contributed by atoms with Crippen LogP contribution in [-0.4, -0.2) is 48.8 Å². The number of piperazine rings is 1. The fraction of sp³-hybridized carbons (Fsp3) is 0.909. The lowest BCUT2D eigenvalue weighted by Gasteiger charge is -2.32. The van der Waals surface area contributed by atoms with E-state index >= 15 is 0 Å². The molecule has 1 aliphatic rings. The maximum Gasteiger partial charge on any atom is 0.332 e. The molecule has 0 bridgehead atoms. The fourth-order valence-electron chi connectivity index (χ4n) is 1.62. The molecule has 1 saturated heterocycles. The van der Waals surface area contributed by atoms with Gasteiger partial charge in [0.1, 0.15) is 0 Å². The molecule has 1 aliphatic heterocycles. The van der Waals surface area contributed by atoms with Crippen molar-refractivity contribution in [2.45, 2.75) is 32.7 Å². The number of nitrogens with one attached hydrogen (secondary N) is 1. The van der Waals surface area contributed by atoms with Crippen LogP contribution in [0, 0.1) is 0 Å². The topological polar surface area (TPSA) is 41.6 Å². The van der Waals surface area contributed by atoms with Crippen molar-refractivity contribution in [1.29, 1.82) is 0 Å². The van der Waals surface area contributed by atoms with E-state index in [0.29, 0.717) is 12.6 Å². The van der Waals surface area contributed by atoms with E-state index in [1.54, 1.807) is 0 Å². The first-order valence-corrected chi connectivity index (χ1v) is 6.92. The monoisotopic (exact) mass is 246 g/mol. The van der Waals surface area contributed by atoms with E-state index in [2.05, 4.69) is 24.1 Å². The number of unbranched alkanes of at least 4 members (excludes halogenated alkanes) is 1. The minimum absolute atomic E-state index is 0.116. The van der Waals surface area contributed by atoms with Crippen LogP contribution in [-0.2, 0) is 8.98 Å². The van der Waals surface area contributed by atoms with E-state index in [1.165, 1.54) is 12.0 Å². The highest BCUT2D eigenvalue weighted by molar-refractivity contribution is 7.95. The number of carbonyl (C=O) groups is 1. The van der Waals surface area contributed by atoms with Crippen molar-refractivity contribution in [3.8, 4) is 0 Å². The summed E-state index contributed by atoms with van der Waals surface area (Å²) in [6, 6.07) is 0.418. The second kappa shape index (κ2) is 7.92. The third-order valence-corrected chi connectivity index (χ3v) is 3.46. The van der Waals surface area contributed by atoms with Crippen molar-refractivity contribution in [2.24, 2.45) is 0 Å². The smallest absolute Gasteiger partial charge is 0.332 e. The normalized spacial score (nSPS) is 22.0. The third kappa shape index (κ3) is 5.18. The Bertz CT molecular complexity index is 214. The quantitative estimate of drug-likeness (QED) is 0.565. The van der Waals surface area contributed by atoms with E-state index in [4.69, 9.17) is 4.18 Å². The molecule has 0 aromatic carbocycles. The molecule has 0 radical (unpaired) electrons. The van der Waals surface area contributed by atoms with E-state index in [0.717, 1.165) is 38.2 Å². The molecule has 4 nitrogen and oxygen atoms in total. The van der Waals surface area contributed by atoms with Crippen LogP contribution in [0.15, 0.2) is 0 Å². The highest BCUT2D eigenvalue weighted by Crippen LogP contribution is 2.08. The Hall–Kier alpha value is -0.260. The van der Waals surface area contributed by atoms with Crippen molar-refractivity contribution >= 4 is 18.0 Å². The van der Waals surface area contributed by atoms with Gasteiger partial charge < -0.3 is 9.50 Å². The number of nitrogens with zero attached hydrogens (tertiary/aromatic N) is 1. The van der Waals surface area contributed by atoms with Crippen LogP contribution in [0.5, 0.6) is 0 Å². The van der Waals surface area contributed by atoms with Crippen molar-refractivity contribution in [2.75, 3.05) is 31.9 Å². The van der Waals surface area contributed by atoms with Crippen LogP contribution in [0.3, 0.4) is 0 Å². The molecular formula is C11H22N2O2S. The van der Waals surface area contributed by atoms with Gasteiger partial charge in [-0.15, -0.1) is 0 Å². The molecular weight excluding hydrogens is 224 g/mol. The van der Waals surface area contributed by atoms with E-state index in [-0.39, 0.29) is 5.97 Å². The van der Waals surface area contributed by atoms with Gasteiger partial charge in [-0.25, -0.2) is 4.79 Å². The van der Waals surface area contributed by atoms with E-state index < -0.39 is 0 Å². The van der Waals surface area contributed by atoms with Crippen molar-refractivity contribution in [1.82, 2.24) is 10.2 Å². The van der Waals surface area contributed by atoms with Crippen LogP contribution in [0.2, 0.25) is 0 Å². The predicted molar refractivity (Wildman–Crippen MR) is 67.4 cm³/mol. The molecule has 0 saturated carbocycles. The van der Waals surface area contributed by atoms with Crippen LogP contribution < -0.4 is 5.32 Å². The van der Waals surface area contributed by atoms with Crippen molar-refractivity contribution in [3.63, 3.8) is 0 Å². The lowest BCUT2D eigenvalue weighted by Crippen LogP contribution is -2.51. The molecule has 1 rings (SSSR count). The van der Waals surface area contributed by atoms with Gasteiger partial charge in [0.15, 0.2) is 0 Å². The molecule has 0 amide bonds. The van der Waals surface area contributed by atoms with Gasteiger partial charge >= 0.3 is 5.97 Å². The zero-order valence-corrected chi connectivity index (χ0v) is 11.0. The maximum atomic E-state index is 11.5. The average molecular weight is 246 g/mol. The molecule has 0 aromatic heterocycles. The van der Waals surface area contributed by atoms with Gasteiger partial charge in [-0.05, 0) is 13.3 Å². The number of rotatable bonds is 6. The summed E-state index contributed by atoms with van der Waals surface area (Å²) >= 11 is 1.28. The Morgan fingerprint density at radius 1 is 1.62 bits per heavy atom. The summed E-state index contributed by atoms with van der Waals surface area (Å²) in [5.74, 6) is 0.786. The molecule has 94 valence electrons. The molecule has 0 aromatic rings. The van der Waals surface area contributed by atoms with E-state index in [1.807, 2.05) is 0 Å². The molecule has 1 unspecified atom stereocenters. The van der Waals surface area contributed by atoms with Gasteiger partial charge in [0, 0.05) is 31.4 Å². The van der Waals surface area contributed by atoms with Gasteiger partial charge in [0.25, 0.3) is 0 Å². The summed E-state index contributed by atoms with van der Waals surface area (Å²) in [5, 5.41) is 3.30. The average Bonchev–Trinajstić information content (AvgIpc) is 2.28. The third-order valence-electron chi connectivity index (χ3n) is 2.70. The number of hydrogen-bond donors (Lipinski definition) is 1. The molecule has 0 aliphatic carbocycles. The predicted octanol–water partition coefficient (Wildman–Crippen LogP) is 1.27. The van der Waals surface area contributed by atoms with E-state index in [9.17, 15) is 4.79 Å². The fourth-order valence-corrected chi connectivity index (χ4v) is 2.29. The van der Waals surface area contributed by atoms with Crippen molar-refractivity contribution in [3.05, 3.63) is 0 Å². The van der Waals surface area contributed by atoms with Crippen LogP contribution >= 0.6 is 12.0 Å². The first-order valence-electron chi connectivity index (χ1n) is 6.01. The molecule has 1 N–H and O–H groups in total.